The first kappa shape index (κ1) is 17.5. The van der Waals surface area contributed by atoms with Crippen LogP contribution in [0, 0.1) is 0 Å². The molecule has 28 heavy (non-hydrogen) atoms. The minimum atomic E-state index is -0.142. The van der Waals surface area contributed by atoms with E-state index in [0.29, 0.717) is 36.5 Å². The van der Waals surface area contributed by atoms with E-state index in [1.807, 2.05) is 24.3 Å². The molecule has 2 saturated heterocycles. The smallest absolute Gasteiger partial charge is 0.255 e. The van der Waals surface area contributed by atoms with Crippen molar-refractivity contribution >= 4 is 11.5 Å². The van der Waals surface area contributed by atoms with Gasteiger partial charge in [0, 0.05) is 36.3 Å². The molecule has 2 bridgehead atoms. The second-order valence-corrected chi connectivity index (χ2v) is 7.85. The lowest BCUT2D eigenvalue weighted by Crippen LogP contribution is -2.35. The number of nitrogens with one attached hydrogen (secondary N) is 2. The number of benzene rings is 2. The van der Waals surface area contributed by atoms with E-state index in [2.05, 4.69) is 28.8 Å². The number of fused-ring (bicyclic) bond motifs is 4. The zero-order chi connectivity index (χ0) is 19.1. The molecular formula is C23H25N3O2. The normalized spacial score (nSPS) is 22.3. The molecule has 2 atom stereocenters. The van der Waals surface area contributed by atoms with Crippen LogP contribution in [0.25, 0.3) is 5.57 Å². The van der Waals surface area contributed by atoms with Crippen molar-refractivity contribution in [1.29, 1.82) is 0 Å². The number of para-hydroxylation sites is 2. The van der Waals surface area contributed by atoms with Gasteiger partial charge in [0.1, 0.15) is 11.5 Å². The third-order valence-corrected chi connectivity index (χ3v) is 6.00. The average molecular weight is 375 g/mol. The number of hydrogen-bond donors (Lipinski definition) is 3. The molecule has 5 heteroatoms. The number of hydrogen-bond acceptors (Lipinski definition) is 4. The SMILES string of the molecule is NCCNC(=O)c1cccc2c1Oc1ccccc1C2=C1CC2CCC(C1)N2. The number of rotatable bonds is 3. The van der Waals surface area contributed by atoms with Gasteiger partial charge in [-0.3, -0.25) is 4.79 Å². The van der Waals surface area contributed by atoms with E-state index >= 15 is 0 Å². The van der Waals surface area contributed by atoms with E-state index in [1.165, 1.54) is 24.0 Å². The van der Waals surface area contributed by atoms with Crippen LogP contribution in [0.2, 0.25) is 0 Å². The second kappa shape index (κ2) is 7.08. The second-order valence-electron chi connectivity index (χ2n) is 7.85. The lowest BCUT2D eigenvalue weighted by Gasteiger charge is -2.31. The Kier molecular flexibility index (Phi) is 4.41. The van der Waals surface area contributed by atoms with E-state index < -0.39 is 0 Å². The van der Waals surface area contributed by atoms with E-state index in [9.17, 15) is 4.79 Å². The van der Waals surface area contributed by atoms with Crippen molar-refractivity contribution in [3.05, 3.63) is 64.7 Å². The maximum atomic E-state index is 12.7. The monoisotopic (exact) mass is 375 g/mol. The summed E-state index contributed by atoms with van der Waals surface area (Å²) in [5, 5.41) is 6.59. The van der Waals surface area contributed by atoms with Gasteiger partial charge in [0.05, 0.1) is 5.56 Å². The Morgan fingerprint density at radius 2 is 1.82 bits per heavy atom. The molecule has 4 N–H and O–H groups in total. The fourth-order valence-corrected chi connectivity index (χ4v) is 4.81. The summed E-state index contributed by atoms with van der Waals surface area (Å²) in [4.78, 5) is 12.7. The first-order chi connectivity index (χ1) is 13.7. The van der Waals surface area contributed by atoms with Crippen molar-refractivity contribution in [2.24, 2.45) is 5.73 Å². The fourth-order valence-electron chi connectivity index (χ4n) is 4.81. The Hall–Kier alpha value is -2.63. The minimum Gasteiger partial charge on any atom is -0.455 e. The van der Waals surface area contributed by atoms with E-state index in [1.54, 1.807) is 0 Å². The highest BCUT2D eigenvalue weighted by molar-refractivity contribution is 6.01. The molecule has 3 aliphatic heterocycles. The lowest BCUT2D eigenvalue weighted by molar-refractivity contribution is 0.0952. The Morgan fingerprint density at radius 1 is 1.07 bits per heavy atom. The number of amides is 1. The average Bonchev–Trinajstić information content (AvgIpc) is 3.07. The number of piperidine rings is 1. The Morgan fingerprint density at radius 3 is 2.61 bits per heavy atom. The molecular weight excluding hydrogens is 350 g/mol. The van der Waals surface area contributed by atoms with Crippen LogP contribution in [0.1, 0.15) is 47.2 Å². The molecule has 1 amide bonds. The lowest BCUT2D eigenvalue weighted by atomic mass is 9.84. The highest BCUT2D eigenvalue weighted by Crippen LogP contribution is 2.49. The molecule has 0 radical (unpaired) electrons. The molecule has 2 aromatic carbocycles. The Labute approximate surface area is 165 Å². The number of carbonyl (C=O) groups is 1. The minimum absolute atomic E-state index is 0.142. The summed E-state index contributed by atoms with van der Waals surface area (Å²) >= 11 is 0. The predicted octanol–water partition coefficient (Wildman–Crippen LogP) is 3.20. The summed E-state index contributed by atoms with van der Waals surface area (Å²) in [6, 6.07) is 15.1. The highest BCUT2D eigenvalue weighted by Gasteiger charge is 2.35. The van der Waals surface area contributed by atoms with Crippen LogP contribution in [0.4, 0.5) is 0 Å². The summed E-state index contributed by atoms with van der Waals surface area (Å²) in [5.74, 6) is 1.34. The number of nitrogens with two attached hydrogens (primary N) is 1. The molecule has 0 saturated carbocycles. The van der Waals surface area contributed by atoms with Gasteiger partial charge in [-0.2, -0.15) is 0 Å². The standard InChI is InChI=1S/C23H25N3O2/c24-10-11-25-23(27)19-6-3-5-18-21(14-12-15-8-9-16(13-14)26-15)17-4-1-2-7-20(17)28-22(18)19/h1-7,15-16,26H,8-13,24H2,(H,25,27). The summed E-state index contributed by atoms with van der Waals surface area (Å²) in [7, 11) is 0. The zero-order valence-electron chi connectivity index (χ0n) is 15.8. The third kappa shape index (κ3) is 2.91. The van der Waals surface area contributed by atoms with Crippen LogP contribution in [-0.4, -0.2) is 31.1 Å². The summed E-state index contributed by atoms with van der Waals surface area (Å²) in [6.45, 7) is 0.859. The summed E-state index contributed by atoms with van der Waals surface area (Å²) < 4.78 is 6.26. The van der Waals surface area contributed by atoms with Crippen LogP contribution in [0.3, 0.4) is 0 Å². The van der Waals surface area contributed by atoms with E-state index in [4.69, 9.17) is 10.5 Å². The summed E-state index contributed by atoms with van der Waals surface area (Å²) in [6.07, 6.45) is 4.61. The van der Waals surface area contributed by atoms with Gasteiger partial charge in [0.2, 0.25) is 0 Å². The molecule has 5 rings (SSSR count). The first-order valence-corrected chi connectivity index (χ1v) is 10.1. The molecule has 2 unspecified atom stereocenters. The summed E-state index contributed by atoms with van der Waals surface area (Å²) in [5.41, 5.74) is 11.0. The maximum absolute atomic E-state index is 12.7. The van der Waals surface area contributed by atoms with Crippen molar-refractivity contribution in [2.75, 3.05) is 13.1 Å². The predicted molar refractivity (Wildman–Crippen MR) is 110 cm³/mol. The van der Waals surface area contributed by atoms with Gasteiger partial charge in [-0.25, -0.2) is 0 Å². The van der Waals surface area contributed by atoms with Crippen molar-refractivity contribution in [3.63, 3.8) is 0 Å². The molecule has 0 spiro atoms. The van der Waals surface area contributed by atoms with E-state index in [-0.39, 0.29) is 5.91 Å². The van der Waals surface area contributed by atoms with Gasteiger partial charge >= 0.3 is 0 Å². The van der Waals surface area contributed by atoms with Crippen LogP contribution in [0.5, 0.6) is 11.5 Å². The van der Waals surface area contributed by atoms with Crippen molar-refractivity contribution in [2.45, 2.75) is 37.8 Å². The topological polar surface area (TPSA) is 76.4 Å². The van der Waals surface area contributed by atoms with Crippen LogP contribution < -0.4 is 21.1 Å². The van der Waals surface area contributed by atoms with Crippen molar-refractivity contribution in [1.82, 2.24) is 10.6 Å². The van der Waals surface area contributed by atoms with Gasteiger partial charge in [-0.05, 0) is 43.4 Å². The molecule has 144 valence electrons. The quantitative estimate of drug-likeness (QED) is 0.657. The largest absolute Gasteiger partial charge is 0.455 e. The fraction of sp³-hybridized carbons (Fsp3) is 0.348. The first-order valence-electron chi connectivity index (χ1n) is 10.1. The Balaban J connectivity index is 1.66. The molecule has 3 aliphatic rings. The highest BCUT2D eigenvalue weighted by atomic mass is 16.5. The van der Waals surface area contributed by atoms with Crippen LogP contribution in [0.15, 0.2) is 48.0 Å². The third-order valence-electron chi connectivity index (χ3n) is 6.00. The van der Waals surface area contributed by atoms with Gasteiger partial charge < -0.3 is 21.1 Å². The molecule has 3 heterocycles. The molecule has 2 aromatic rings. The molecule has 2 fully saturated rings. The van der Waals surface area contributed by atoms with Gasteiger partial charge in [-0.15, -0.1) is 0 Å². The molecule has 0 aromatic heterocycles. The zero-order valence-corrected chi connectivity index (χ0v) is 15.8. The molecule has 0 aliphatic carbocycles. The maximum Gasteiger partial charge on any atom is 0.255 e. The van der Waals surface area contributed by atoms with Crippen LogP contribution >= 0.6 is 0 Å². The number of carbonyl (C=O) groups excluding carboxylic acids is 1. The molecule has 5 nitrogen and oxygen atoms in total. The van der Waals surface area contributed by atoms with Gasteiger partial charge in [0.15, 0.2) is 0 Å². The number of ether oxygens (including phenoxy) is 1. The van der Waals surface area contributed by atoms with Gasteiger partial charge in [-0.1, -0.05) is 35.9 Å². The van der Waals surface area contributed by atoms with Gasteiger partial charge in [0.25, 0.3) is 5.91 Å². The van der Waals surface area contributed by atoms with Crippen LogP contribution in [-0.2, 0) is 0 Å². The van der Waals surface area contributed by atoms with Crippen molar-refractivity contribution in [3.8, 4) is 11.5 Å². The van der Waals surface area contributed by atoms with Crippen molar-refractivity contribution < 1.29 is 9.53 Å². The Bertz CT molecular complexity index is 952. The van der Waals surface area contributed by atoms with E-state index in [0.717, 1.165) is 29.7 Å².